The van der Waals surface area contributed by atoms with Gasteiger partial charge in [0.25, 0.3) is 0 Å². The molecule has 3 nitrogen and oxygen atoms in total. The molecule has 17 heavy (non-hydrogen) atoms. The Kier molecular flexibility index (Phi) is 3.49. The highest BCUT2D eigenvalue weighted by Gasteiger charge is 2.15. The fourth-order valence-electron chi connectivity index (χ4n) is 1.55. The van der Waals surface area contributed by atoms with Gasteiger partial charge in [-0.2, -0.15) is 0 Å². The predicted molar refractivity (Wildman–Crippen MR) is 66.1 cm³/mol. The van der Waals surface area contributed by atoms with Gasteiger partial charge in [0, 0.05) is 16.8 Å². The van der Waals surface area contributed by atoms with Gasteiger partial charge in [0.2, 0.25) is 0 Å². The first-order valence-electron chi connectivity index (χ1n) is 5.27. The zero-order valence-electron chi connectivity index (χ0n) is 9.31. The summed E-state index contributed by atoms with van der Waals surface area (Å²) in [5, 5.41) is 0.597. The molecule has 0 saturated heterocycles. The molecule has 0 bridgehead atoms. The first-order chi connectivity index (χ1) is 8.18. The topological polar surface area (TPSA) is 42.1 Å². The Morgan fingerprint density at radius 1 is 1.29 bits per heavy atom. The fourth-order valence-corrected chi connectivity index (χ4v) is 1.84. The summed E-state index contributed by atoms with van der Waals surface area (Å²) in [6.07, 6.45) is 1.30. The van der Waals surface area contributed by atoms with Crippen molar-refractivity contribution in [3.05, 3.63) is 58.9 Å². The Balaban J connectivity index is 2.10. The monoisotopic (exact) mass is 249 g/mol. The highest BCUT2D eigenvalue weighted by atomic mass is 35.5. The van der Waals surface area contributed by atoms with Crippen LogP contribution >= 0.6 is 11.6 Å². The average molecular weight is 250 g/mol. The second-order valence-corrected chi connectivity index (χ2v) is 4.06. The number of esters is 1. The average Bonchev–Trinajstić information content (AvgIpc) is 2.82. The summed E-state index contributed by atoms with van der Waals surface area (Å²) in [6, 6.07) is 10.7. The van der Waals surface area contributed by atoms with Gasteiger partial charge in [0.05, 0.1) is 0 Å². The summed E-state index contributed by atoms with van der Waals surface area (Å²) in [5.74, 6) is -0.387. The smallest absolute Gasteiger partial charge is 0.355 e. The molecule has 1 heterocycles. The van der Waals surface area contributed by atoms with Gasteiger partial charge in [-0.1, -0.05) is 29.8 Å². The zero-order valence-corrected chi connectivity index (χ0v) is 10.1. The van der Waals surface area contributed by atoms with E-state index in [0.717, 1.165) is 5.56 Å². The van der Waals surface area contributed by atoms with E-state index in [1.165, 1.54) is 0 Å². The van der Waals surface area contributed by atoms with Crippen molar-refractivity contribution >= 4 is 17.6 Å². The number of halogens is 1. The third-order valence-corrected chi connectivity index (χ3v) is 2.79. The first-order valence-corrected chi connectivity index (χ1v) is 5.65. The molecule has 88 valence electrons. The minimum atomic E-state index is -0.387. The largest absolute Gasteiger partial charge is 0.453 e. The first kappa shape index (κ1) is 11.7. The lowest BCUT2D eigenvalue weighted by Crippen LogP contribution is -2.09. The van der Waals surface area contributed by atoms with Crippen LogP contribution < -0.4 is 0 Å². The molecule has 1 aromatic heterocycles. The molecule has 0 spiro atoms. The van der Waals surface area contributed by atoms with E-state index in [2.05, 4.69) is 4.98 Å². The minimum absolute atomic E-state index is 0.375. The van der Waals surface area contributed by atoms with Crippen LogP contribution in [0.2, 0.25) is 5.02 Å². The number of hydrogen-bond donors (Lipinski definition) is 1. The van der Waals surface area contributed by atoms with Gasteiger partial charge in [-0.05, 0) is 25.1 Å². The van der Waals surface area contributed by atoms with Gasteiger partial charge in [-0.15, -0.1) is 0 Å². The molecule has 4 heteroatoms. The lowest BCUT2D eigenvalue weighted by Gasteiger charge is -2.14. The van der Waals surface area contributed by atoms with Crippen LogP contribution in [0.15, 0.2) is 42.6 Å². The number of rotatable bonds is 3. The molecule has 0 aliphatic rings. The van der Waals surface area contributed by atoms with Crippen LogP contribution in [-0.4, -0.2) is 11.0 Å². The van der Waals surface area contributed by atoms with Gasteiger partial charge < -0.3 is 9.72 Å². The summed E-state index contributed by atoms with van der Waals surface area (Å²) in [4.78, 5) is 14.5. The molecule has 0 unspecified atom stereocenters. The molecule has 0 saturated carbocycles. The molecule has 1 aromatic carbocycles. The van der Waals surface area contributed by atoms with Crippen molar-refractivity contribution in [3.63, 3.8) is 0 Å². The lowest BCUT2D eigenvalue weighted by molar-refractivity contribution is 0.0332. The van der Waals surface area contributed by atoms with E-state index in [0.29, 0.717) is 10.7 Å². The van der Waals surface area contributed by atoms with Crippen LogP contribution in [-0.2, 0) is 4.74 Å². The quantitative estimate of drug-likeness (QED) is 0.845. The SMILES string of the molecule is C[C@H](OC(=O)c1ccc[nH]1)c1ccccc1Cl. The van der Waals surface area contributed by atoms with Gasteiger partial charge in [-0.25, -0.2) is 4.79 Å². The van der Waals surface area contributed by atoms with E-state index in [1.54, 1.807) is 31.3 Å². The van der Waals surface area contributed by atoms with Crippen molar-refractivity contribution in [2.45, 2.75) is 13.0 Å². The third kappa shape index (κ3) is 2.68. The minimum Gasteiger partial charge on any atom is -0.453 e. The number of benzene rings is 1. The molecule has 0 fully saturated rings. The van der Waals surface area contributed by atoms with Crippen molar-refractivity contribution in [1.82, 2.24) is 4.98 Å². The summed E-state index contributed by atoms with van der Waals surface area (Å²) >= 11 is 6.03. The van der Waals surface area contributed by atoms with Crippen LogP contribution in [0.3, 0.4) is 0 Å². The molecule has 2 rings (SSSR count). The van der Waals surface area contributed by atoms with Gasteiger partial charge >= 0.3 is 5.97 Å². The number of nitrogens with one attached hydrogen (secondary N) is 1. The molecular formula is C13H12ClNO2. The standard InChI is InChI=1S/C13H12ClNO2/c1-9(10-5-2-3-6-11(10)14)17-13(16)12-7-4-8-15-12/h2-9,15H,1H3/t9-/m0/s1. The summed E-state index contributed by atoms with van der Waals surface area (Å²) in [5.41, 5.74) is 1.23. The van der Waals surface area contributed by atoms with Crippen LogP contribution in [0, 0.1) is 0 Å². The molecule has 1 N–H and O–H groups in total. The summed E-state index contributed by atoms with van der Waals surface area (Å²) in [7, 11) is 0. The molecule has 0 aliphatic heterocycles. The van der Waals surface area contributed by atoms with E-state index in [4.69, 9.17) is 16.3 Å². The molecule has 2 aromatic rings. The Bertz CT molecular complexity index is 508. The maximum Gasteiger partial charge on any atom is 0.355 e. The van der Waals surface area contributed by atoms with E-state index >= 15 is 0 Å². The van der Waals surface area contributed by atoms with Crippen molar-refractivity contribution in [3.8, 4) is 0 Å². The Labute approximate surface area is 104 Å². The fraction of sp³-hybridized carbons (Fsp3) is 0.154. The van der Waals surface area contributed by atoms with E-state index < -0.39 is 0 Å². The van der Waals surface area contributed by atoms with Crippen LogP contribution in [0.25, 0.3) is 0 Å². The maximum absolute atomic E-state index is 11.7. The van der Waals surface area contributed by atoms with Gasteiger partial charge in [-0.3, -0.25) is 0 Å². The third-order valence-electron chi connectivity index (χ3n) is 2.44. The molecule has 0 amide bonds. The zero-order chi connectivity index (χ0) is 12.3. The van der Waals surface area contributed by atoms with Crippen molar-refractivity contribution < 1.29 is 9.53 Å². The maximum atomic E-state index is 11.7. The van der Waals surface area contributed by atoms with E-state index in [-0.39, 0.29) is 12.1 Å². The number of carbonyl (C=O) groups is 1. The Morgan fingerprint density at radius 2 is 2.06 bits per heavy atom. The Hall–Kier alpha value is -1.74. The number of carbonyl (C=O) groups excluding carboxylic acids is 1. The number of aromatic nitrogens is 1. The second kappa shape index (κ2) is 5.06. The number of aromatic amines is 1. The van der Waals surface area contributed by atoms with Gasteiger partial charge in [0.1, 0.15) is 11.8 Å². The lowest BCUT2D eigenvalue weighted by atomic mass is 10.1. The molecule has 1 atom stereocenters. The van der Waals surface area contributed by atoms with Crippen molar-refractivity contribution in [1.29, 1.82) is 0 Å². The van der Waals surface area contributed by atoms with Crippen LogP contribution in [0.1, 0.15) is 29.1 Å². The number of H-pyrrole nitrogens is 1. The molecule has 0 aliphatic carbocycles. The Morgan fingerprint density at radius 3 is 2.71 bits per heavy atom. The molecule has 0 radical (unpaired) electrons. The summed E-state index contributed by atoms with van der Waals surface area (Å²) in [6.45, 7) is 1.79. The van der Waals surface area contributed by atoms with Crippen LogP contribution in [0.5, 0.6) is 0 Å². The number of ether oxygens (including phenoxy) is 1. The van der Waals surface area contributed by atoms with E-state index in [9.17, 15) is 4.79 Å². The highest BCUT2D eigenvalue weighted by Crippen LogP contribution is 2.25. The second-order valence-electron chi connectivity index (χ2n) is 3.65. The van der Waals surface area contributed by atoms with Crippen molar-refractivity contribution in [2.24, 2.45) is 0 Å². The van der Waals surface area contributed by atoms with Gasteiger partial charge in [0.15, 0.2) is 0 Å². The number of hydrogen-bond acceptors (Lipinski definition) is 2. The molecular weight excluding hydrogens is 238 g/mol. The summed E-state index contributed by atoms with van der Waals surface area (Å²) < 4.78 is 5.31. The highest BCUT2D eigenvalue weighted by molar-refractivity contribution is 6.31. The van der Waals surface area contributed by atoms with Crippen molar-refractivity contribution in [2.75, 3.05) is 0 Å². The normalized spacial score (nSPS) is 12.1. The van der Waals surface area contributed by atoms with Crippen LogP contribution in [0.4, 0.5) is 0 Å². The van der Waals surface area contributed by atoms with E-state index in [1.807, 2.05) is 18.2 Å². The predicted octanol–water partition coefficient (Wildman–Crippen LogP) is 3.59.